The number of rotatable bonds is 5. The van der Waals surface area contributed by atoms with Crippen molar-refractivity contribution < 1.29 is 14.3 Å². The Kier molecular flexibility index (Phi) is 5.71. The molecule has 164 valence electrons. The Bertz CT molecular complexity index is 962. The molecule has 1 aromatic carbocycles. The fraction of sp³-hybridized carbons (Fsp3) is 0.522. The number of carbonyl (C=O) groups is 2. The number of likely N-dealkylation sites (tertiary alicyclic amines) is 1. The molecule has 1 saturated carbocycles. The van der Waals surface area contributed by atoms with Gasteiger partial charge in [-0.3, -0.25) is 9.59 Å². The van der Waals surface area contributed by atoms with Crippen LogP contribution in [0.15, 0.2) is 30.6 Å². The Labute approximate surface area is 186 Å². The third kappa shape index (κ3) is 4.48. The molecule has 0 radical (unpaired) electrons. The van der Waals surface area contributed by atoms with E-state index in [1.54, 1.807) is 6.33 Å². The highest BCUT2D eigenvalue weighted by Gasteiger charge is 2.32. The maximum Gasteiger partial charge on any atom is 0.274 e. The second-order valence-electron chi connectivity index (χ2n) is 8.80. The van der Waals surface area contributed by atoms with Crippen molar-refractivity contribution in [3.05, 3.63) is 52.6 Å². The summed E-state index contributed by atoms with van der Waals surface area (Å²) in [6, 6.07) is 7.64. The van der Waals surface area contributed by atoms with Crippen molar-refractivity contribution in [3.63, 3.8) is 0 Å². The van der Waals surface area contributed by atoms with Gasteiger partial charge in [0.05, 0.1) is 25.2 Å². The molecule has 5 rings (SSSR count). The van der Waals surface area contributed by atoms with Crippen molar-refractivity contribution in [2.75, 3.05) is 19.6 Å². The highest BCUT2D eigenvalue weighted by atomic mass is 35.5. The van der Waals surface area contributed by atoms with E-state index in [1.165, 1.54) is 12.8 Å². The van der Waals surface area contributed by atoms with Gasteiger partial charge in [-0.1, -0.05) is 23.7 Å². The van der Waals surface area contributed by atoms with Crippen LogP contribution in [0.1, 0.15) is 53.5 Å². The molecule has 3 aliphatic rings. The summed E-state index contributed by atoms with van der Waals surface area (Å²) in [4.78, 5) is 31.7. The van der Waals surface area contributed by atoms with Crippen molar-refractivity contribution in [2.24, 2.45) is 11.8 Å². The van der Waals surface area contributed by atoms with Gasteiger partial charge >= 0.3 is 0 Å². The number of ether oxygens (including phenoxy) is 1. The summed E-state index contributed by atoms with van der Waals surface area (Å²) < 4.78 is 8.05. The minimum Gasteiger partial charge on any atom is -0.365 e. The first-order valence-electron chi connectivity index (χ1n) is 11.1. The largest absolute Gasteiger partial charge is 0.365 e. The molecule has 7 nitrogen and oxygen atoms in total. The predicted molar refractivity (Wildman–Crippen MR) is 116 cm³/mol. The lowest BCUT2D eigenvalue weighted by Gasteiger charge is -2.31. The van der Waals surface area contributed by atoms with Crippen LogP contribution in [0.25, 0.3) is 0 Å². The third-order valence-corrected chi connectivity index (χ3v) is 6.84. The number of piperidine rings is 1. The third-order valence-electron chi connectivity index (χ3n) is 6.59. The molecule has 1 atom stereocenters. The summed E-state index contributed by atoms with van der Waals surface area (Å²) in [5.74, 6) is 0.750. The lowest BCUT2D eigenvalue weighted by atomic mass is 9.95. The molecule has 3 heterocycles. The van der Waals surface area contributed by atoms with Gasteiger partial charge in [-0.25, -0.2) is 4.98 Å². The Morgan fingerprint density at radius 2 is 1.87 bits per heavy atom. The Morgan fingerprint density at radius 1 is 1.13 bits per heavy atom. The zero-order chi connectivity index (χ0) is 21.4. The Balaban J connectivity index is 1.19. The van der Waals surface area contributed by atoms with Gasteiger partial charge in [-0.15, -0.1) is 0 Å². The number of amides is 2. The Hall–Kier alpha value is -2.38. The van der Waals surface area contributed by atoms with Gasteiger partial charge in [0.2, 0.25) is 5.91 Å². The first-order valence-corrected chi connectivity index (χ1v) is 11.4. The molecule has 2 fully saturated rings. The maximum atomic E-state index is 13.1. The van der Waals surface area contributed by atoms with Crippen molar-refractivity contribution in [2.45, 2.75) is 44.9 Å². The predicted octanol–water partition coefficient (Wildman–Crippen LogP) is 3.19. The highest BCUT2D eigenvalue weighted by Crippen LogP contribution is 2.30. The van der Waals surface area contributed by atoms with Gasteiger partial charge in [-0.05, 0) is 49.3 Å². The lowest BCUT2D eigenvalue weighted by Crippen LogP contribution is -2.43. The van der Waals surface area contributed by atoms with Gasteiger partial charge < -0.3 is 19.5 Å². The molecule has 0 bridgehead atoms. The summed E-state index contributed by atoms with van der Waals surface area (Å²) in [7, 11) is 0. The molecule has 2 aromatic rings. The lowest BCUT2D eigenvalue weighted by molar-refractivity contribution is -0.126. The van der Waals surface area contributed by atoms with Gasteiger partial charge in [0.25, 0.3) is 5.91 Å². The monoisotopic (exact) mass is 442 g/mol. The normalized spacial score (nSPS) is 21.6. The summed E-state index contributed by atoms with van der Waals surface area (Å²) in [6.45, 7) is 2.92. The van der Waals surface area contributed by atoms with Crippen LogP contribution in [0.3, 0.4) is 0 Å². The van der Waals surface area contributed by atoms with E-state index in [9.17, 15) is 9.59 Å². The van der Waals surface area contributed by atoms with Crippen molar-refractivity contribution in [3.8, 4) is 0 Å². The minimum absolute atomic E-state index is 0.00202. The van der Waals surface area contributed by atoms with Gasteiger partial charge in [0.15, 0.2) is 5.69 Å². The van der Waals surface area contributed by atoms with Crippen LogP contribution >= 0.6 is 11.6 Å². The van der Waals surface area contributed by atoms with Crippen LogP contribution < -0.4 is 5.32 Å². The van der Waals surface area contributed by atoms with Gasteiger partial charge in [0, 0.05) is 30.6 Å². The second kappa shape index (κ2) is 8.63. The number of nitrogens with one attached hydrogen (secondary N) is 1. The van der Waals surface area contributed by atoms with Gasteiger partial charge in [0.1, 0.15) is 6.10 Å². The van der Waals surface area contributed by atoms with E-state index < -0.39 is 0 Å². The molecule has 2 aliphatic heterocycles. The molecule has 1 unspecified atom stereocenters. The highest BCUT2D eigenvalue weighted by molar-refractivity contribution is 6.30. The number of hydrogen-bond acceptors (Lipinski definition) is 4. The van der Waals surface area contributed by atoms with E-state index in [0.717, 1.165) is 17.8 Å². The summed E-state index contributed by atoms with van der Waals surface area (Å²) >= 11 is 5.98. The molecule has 1 aliphatic carbocycles. The molecular weight excluding hydrogens is 416 g/mol. The number of hydrogen-bond donors (Lipinski definition) is 1. The van der Waals surface area contributed by atoms with E-state index in [0.29, 0.717) is 55.7 Å². The van der Waals surface area contributed by atoms with E-state index >= 15 is 0 Å². The van der Waals surface area contributed by atoms with Crippen LogP contribution in [0.5, 0.6) is 0 Å². The summed E-state index contributed by atoms with van der Waals surface area (Å²) in [5, 5.41) is 3.76. The van der Waals surface area contributed by atoms with Crippen LogP contribution in [0, 0.1) is 11.8 Å². The minimum atomic E-state index is -0.0909. The molecule has 1 saturated heterocycles. The molecule has 31 heavy (non-hydrogen) atoms. The standard InChI is InChI=1S/C23H27ClN4O3/c24-18-5-3-16(4-6-18)20-12-28-14-26-21(19(28)13-31-20)23(30)27-9-7-17(8-10-27)22(29)25-11-15-1-2-15/h3-6,14-15,17,20H,1-2,7-13H2,(H,25,29). The van der Waals surface area contributed by atoms with Crippen LogP contribution in [-0.2, 0) is 22.7 Å². The Morgan fingerprint density at radius 3 is 2.58 bits per heavy atom. The number of nitrogens with zero attached hydrogens (tertiary/aromatic N) is 3. The molecule has 1 aromatic heterocycles. The average molecular weight is 443 g/mol. The maximum absolute atomic E-state index is 13.1. The van der Waals surface area contributed by atoms with E-state index in [-0.39, 0.29) is 23.8 Å². The summed E-state index contributed by atoms with van der Waals surface area (Å²) in [5.41, 5.74) is 2.34. The smallest absolute Gasteiger partial charge is 0.274 e. The SMILES string of the molecule is O=C(NCC1CC1)C1CCN(C(=O)c2ncn3c2COC(c2ccc(Cl)cc2)C3)CC1. The molecule has 0 spiro atoms. The van der Waals surface area contributed by atoms with Crippen LogP contribution in [0.4, 0.5) is 0 Å². The summed E-state index contributed by atoms with van der Waals surface area (Å²) in [6.07, 6.45) is 5.50. The zero-order valence-electron chi connectivity index (χ0n) is 17.4. The van der Waals surface area contributed by atoms with E-state index in [1.807, 2.05) is 33.7 Å². The van der Waals surface area contributed by atoms with Crippen molar-refractivity contribution in [1.82, 2.24) is 19.8 Å². The number of fused-ring (bicyclic) bond motifs is 1. The quantitative estimate of drug-likeness (QED) is 0.771. The fourth-order valence-corrected chi connectivity index (χ4v) is 4.52. The molecule has 1 N–H and O–H groups in total. The topological polar surface area (TPSA) is 76.5 Å². The molecule has 2 amide bonds. The van der Waals surface area contributed by atoms with Gasteiger partial charge in [-0.2, -0.15) is 0 Å². The number of halogens is 1. The van der Waals surface area contributed by atoms with E-state index in [4.69, 9.17) is 16.3 Å². The van der Waals surface area contributed by atoms with Crippen LogP contribution in [0.2, 0.25) is 5.02 Å². The van der Waals surface area contributed by atoms with E-state index in [2.05, 4.69) is 10.3 Å². The molecule has 8 heteroatoms. The first-order chi connectivity index (χ1) is 15.1. The molecular formula is C23H27ClN4O3. The zero-order valence-corrected chi connectivity index (χ0v) is 18.2. The number of imidazole rings is 1. The van der Waals surface area contributed by atoms with Crippen molar-refractivity contribution in [1.29, 1.82) is 0 Å². The average Bonchev–Trinajstić information content (AvgIpc) is 3.54. The number of benzene rings is 1. The van der Waals surface area contributed by atoms with Crippen LogP contribution in [-0.4, -0.2) is 45.9 Å². The van der Waals surface area contributed by atoms with Crippen molar-refractivity contribution >= 4 is 23.4 Å². The number of aromatic nitrogens is 2. The number of carbonyl (C=O) groups excluding carboxylic acids is 2. The fourth-order valence-electron chi connectivity index (χ4n) is 4.39. The first kappa shape index (κ1) is 20.5. The second-order valence-corrected chi connectivity index (χ2v) is 9.23.